The van der Waals surface area contributed by atoms with E-state index in [0.717, 1.165) is 30.4 Å². The molecule has 0 spiro atoms. The molecular formula is C15H20F3NO. The molecule has 5 heteroatoms. The van der Waals surface area contributed by atoms with Gasteiger partial charge in [-0.05, 0) is 68.2 Å². The van der Waals surface area contributed by atoms with Crippen LogP contribution in [-0.2, 0) is 6.42 Å². The van der Waals surface area contributed by atoms with Gasteiger partial charge in [0.25, 0.3) is 0 Å². The second kappa shape index (κ2) is 6.04. The van der Waals surface area contributed by atoms with E-state index in [1.807, 2.05) is 6.07 Å². The Morgan fingerprint density at radius 1 is 1.30 bits per heavy atom. The van der Waals surface area contributed by atoms with Crippen LogP contribution in [0.15, 0.2) is 18.2 Å². The molecule has 2 nitrogen and oxygen atoms in total. The van der Waals surface area contributed by atoms with Crippen LogP contribution < -0.4 is 10.5 Å². The van der Waals surface area contributed by atoms with Crippen LogP contribution >= 0.6 is 0 Å². The van der Waals surface area contributed by atoms with Gasteiger partial charge >= 0.3 is 6.36 Å². The highest BCUT2D eigenvalue weighted by Gasteiger charge is 2.31. The first kappa shape index (κ1) is 15.2. The average molecular weight is 287 g/mol. The van der Waals surface area contributed by atoms with Crippen LogP contribution in [0.25, 0.3) is 0 Å². The fourth-order valence-corrected chi connectivity index (χ4v) is 2.46. The minimum absolute atomic E-state index is 0.140. The topological polar surface area (TPSA) is 35.2 Å². The molecule has 0 unspecified atom stereocenters. The maximum absolute atomic E-state index is 12.2. The molecule has 2 rings (SSSR count). The summed E-state index contributed by atoms with van der Waals surface area (Å²) in [5.41, 5.74) is 7.65. The van der Waals surface area contributed by atoms with Crippen molar-refractivity contribution in [3.05, 3.63) is 29.3 Å². The van der Waals surface area contributed by atoms with E-state index in [2.05, 4.69) is 4.74 Å². The summed E-state index contributed by atoms with van der Waals surface area (Å²) in [6.07, 6.45) is 0.348. The van der Waals surface area contributed by atoms with E-state index in [-0.39, 0.29) is 11.8 Å². The van der Waals surface area contributed by atoms with Crippen molar-refractivity contribution in [2.75, 3.05) is 0 Å². The maximum atomic E-state index is 12.2. The van der Waals surface area contributed by atoms with E-state index in [9.17, 15) is 13.2 Å². The van der Waals surface area contributed by atoms with Crippen LogP contribution in [0.4, 0.5) is 13.2 Å². The van der Waals surface area contributed by atoms with Crippen molar-refractivity contribution in [1.82, 2.24) is 0 Å². The Labute approximate surface area is 117 Å². The third-order valence-corrected chi connectivity index (χ3v) is 3.57. The number of nitrogens with two attached hydrogens (primary N) is 1. The molecule has 1 aliphatic rings. The fraction of sp³-hybridized carbons (Fsp3) is 0.600. The molecule has 1 saturated carbocycles. The Bertz CT molecular complexity index is 455. The van der Waals surface area contributed by atoms with Gasteiger partial charge in [0.2, 0.25) is 0 Å². The van der Waals surface area contributed by atoms with Gasteiger partial charge in [-0.1, -0.05) is 6.07 Å². The van der Waals surface area contributed by atoms with Crippen LogP contribution in [-0.4, -0.2) is 12.4 Å². The van der Waals surface area contributed by atoms with Crippen molar-refractivity contribution >= 4 is 0 Å². The van der Waals surface area contributed by atoms with Crippen LogP contribution in [0.1, 0.15) is 36.8 Å². The normalized spacial score (nSPS) is 17.1. The summed E-state index contributed by atoms with van der Waals surface area (Å²) in [6.45, 7) is 1.77. The fourth-order valence-electron chi connectivity index (χ4n) is 2.46. The largest absolute Gasteiger partial charge is 0.573 e. The Morgan fingerprint density at radius 3 is 2.60 bits per heavy atom. The molecule has 1 aromatic rings. The van der Waals surface area contributed by atoms with Gasteiger partial charge in [0, 0.05) is 6.04 Å². The number of alkyl halides is 3. The summed E-state index contributed by atoms with van der Waals surface area (Å²) in [5, 5.41) is 0. The van der Waals surface area contributed by atoms with Crippen molar-refractivity contribution in [2.24, 2.45) is 11.7 Å². The Morgan fingerprint density at radius 2 is 2.00 bits per heavy atom. The van der Waals surface area contributed by atoms with Gasteiger partial charge in [-0.25, -0.2) is 0 Å². The minimum atomic E-state index is -4.64. The molecule has 0 amide bonds. The van der Waals surface area contributed by atoms with Crippen LogP contribution in [0.5, 0.6) is 5.75 Å². The predicted molar refractivity (Wildman–Crippen MR) is 71.5 cm³/mol. The second-order valence-corrected chi connectivity index (χ2v) is 5.60. The smallest absolute Gasteiger partial charge is 0.406 e. The monoisotopic (exact) mass is 287 g/mol. The summed E-state index contributed by atoms with van der Waals surface area (Å²) < 4.78 is 40.6. The van der Waals surface area contributed by atoms with Crippen molar-refractivity contribution in [1.29, 1.82) is 0 Å². The summed E-state index contributed by atoms with van der Waals surface area (Å²) in [4.78, 5) is 0. The second-order valence-electron chi connectivity index (χ2n) is 5.60. The lowest BCUT2D eigenvalue weighted by atomic mass is 10.0. The van der Waals surface area contributed by atoms with Crippen molar-refractivity contribution < 1.29 is 17.9 Å². The molecule has 0 aliphatic heterocycles. The van der Waals surface area contributed by atoms with Crippen LogP contribution in [0, 0.1) is 12.8 Å². The first-order valence-corrected chi connectivity index (χ1v) is 6.95. The third-order valence-electron chi connectivity index (χ3n) is 3.57. The van der Waals surface area contributed by atoms with Gasteiger partial charge in [-0.2, -0.15) is 0 Å². The molecular weight excluding hydrogens is 267 g/mol. The number of hydrogen-bond acceptors (Lipinski definition) is 2. The van der Waals surface area contributed by atoms with E-state index in [4.69, 9.17) is 5.73 Å². The van der Waals surface area contributed by atoms with Gasteiger partial charge in [-0.15, -0.1) is 13.2 Å². The quantitative estimate of drug-likeness (QED) is 0.859. The van der Waals surface area contributed by atoms with E-state index < -0.39 is 6.36 Å². The number of halogens is 3. The number of ether oxygens (including phenoxy) is 1. The standard InChI is InChI=1S/C15H20F3NO/c1-10-7-11(3-2-4-14(19)12-5-6-12)9-13(8-10)20-15(16,17)18/h7-9,12,14H,2-6,19H2,1H3/t14-/m0/s1. The summed E-state index contributed by atoms with van der Waals surface area (Å²) in [7, 11) is 0. The molecule has 0 aromatic heterocycles. The number of hydrogen-bond donors (Lipinski definition) is 1. The molecule has 0 saturated heterocycles. The molecule has 1 atom stereocenters. The number of aryl methyl sites for hydroxylation is 2. The van der Waals surface area contributed by atoms with Crippen LogP contribution in [0.3, 0.4) is 0 Å². The Kier molecular flexibility index (Phi) is 4.58. The van der Waals surface area contributed by atoms with E-state index >= 15 is 0 Å². The van der Waals surface area contributed by atoms with Crippen molar-refractivity contribution in [3.63, 3.8) is 0 Å². The van der Waals surface area contributed by atoms with Gasteiger partial charge in [0.15, 0.2) is 0 Å². The van der Waals surface area contributed by atoms with Gasteiger partial charge in [0.05, 0.1) is 0 Å². The summed E-state index contributed by atoms with van der Waals surface area (Å²) in [5.74, 6) is 0.524. The molecule has 0 radical (unpaired) electrons. The highest BCUT2D eigenvalue weighted by molar-refractivity contribution is 5.34. The lowest BCUT2D eigenvalue weighted by Gasteiger charge is -2.12. The molecule has 20 heavy (non-hydrogen) atoms. The first-order chi connectivity index (χ1) is 9.33. The zero-order valence-corrected chi connectivity index (χ0v) is 11.5. The molecule has 1 aromatic carbocycles. The molecule has 2 N–H and O–H groups in total. The Hall–Kier alpha value is -1.23. The number of rotatable bonds is 6. The average Bonchev–Trinajstić information content (AvgIpc) is 3.08. The minimum Gasteiger partial charge on any atom is -0.406 e. The zero-order chi connectivity index (χ0) is 14.8. The van der Waals surface area contributed by atoms with Gasteiger partial charge < -0.3 is 10.5 Å². The van der Waals surface area contributed by atoms with Crippen molar-refractivity contribution in [3.8, 4) is 5.75 Å². The molecule has 0 heterocycles. The van der Waals surface area contributed by atoms with E-state index in [0.29, 0.717) is 5.92 Å². The Balaban J connectivity index is 1.89. The molecule has 0 bridgehead atoms. The third kappa shape index (κ3) is 5.04. The molecule has 1 fully saturated rings. The number of benzene rings is 1. The van der Waals surface area contributed by atoms with E-state index in [1.54, 1.807) is 6.92 Å². The lowest BCUT2D eigenvalue weighted by Crippen LogP contribution is -2.22. The van der Waals surface area contributed by atoms with E-state index in [1.165, 1.54) is 25.0 Å². The predicted octanol–water partition coefficient (Wildman–Crippen LogP) is 3.95. The highest BCUT2D eigenvalue weighted by Crippen LogP contribution is 2.33. The lowest BCUT2D eigenvalue weighted by molar-refractivity contribution is -0.274. The summed E-state index contributed by atoms with van der Waals surface area (Å²) >= 11 is 0. The van der Waals surface area contributed by atoms with Gasteiger partial charge in [0.1, 0.15) is 5.75 Å². The summed E-state index contributed by atoms with van der Waals surface area (Å²) in [6, 6.07) is 4.99. The maximum Gasteiger partial charge on any atom is 0.573 e. The van der Waals surface area contributed by atoms with Crippen molar-refractivity contribution in [2.45, 2.75) is 51.4 Å². The van der Waals surface area contributed by atoms with Gasteiger partial charge in [-0.3, -0.25) is 0 Å². The molecule has 112 valence electrons. The zero-order valence-electron chi connectivity index (χ0n) is 11.5. The highest BCUT2D eigenvalue weighted by atomic mass is 19.4. The first-order valence-electron chi connectivity index (χ1n) is 6.95. The molecule has 1 aliphatic carbocycles. The van der Waals surface area contributed by atoms with Crippen LogP contribution in [0.2, 0.25) is 0 Å². The SMILES string of the molecule is Cc1cc(CCC[C@H](N)C2CC2)cc(OC(F)(F)F)c1.